The number of nitrogens with zero attached hydrogens (tertiary/aromatic N) is 3. The molecule has 9 heteroatoms. The smallest absolute Gasteiger partial charge is 0.234 e. The van der Waals surface area contributed by atoms with Crippen molar-refractivity contribution in [2.45, 2.75) is 5.03 Å². The summed E-state index contributed by atoms with van der Waals surface area (Å²) in [6, 6.07) is 17.3. The van der Waals surface area contributed by atoms with Crippen molar-refractivity contribution in [1.29, 1.82) is 10.5 Å². The van der Waals surface area contributed by atoms with Gasteiger partial charge in [0.2, 0.25) is 5.91 Å². The predicted molar refractivity (Wildman–Crippen MR) is 119 cm³/mol. The average Bonchev–Trinajstić information content (AvgIpc) is 2.73. The maximum atomic E-state index is 12.3. The molecule has 1 heterocycles. The Labute approximate surface area is 185 Å². The summed E-state index contributed by atoms with van der Waals surface area (Å²) < 4.78 is 0.894. The molecule has 3 aromatic rings. The number of hydrogen-bond donors (Lipinski definition) is 3. The minimum atomic E-state index is -0.283. The largest absolute Gasteiger partial charge is 0.508 e. The van der Waals surface area contributed by atoms with E-state index in [9.17, 15) is 20.4 Å². The van der Waals surface area contributed by atoms with Crippen LogP contribution in [0, 0.1) is 22.7 Å². The van der Waals surface area contributed by atoms with Crippen molar-refractivity contribution in [3.05, 3.63) is 64.1 Å². The number of hydrogen-bond acceptors (Lipinski definition) is 7. The van der Waals surface area contributed by atoms with Crippen LogP contribution < -0.4 is 11.1 Å². The maximum absolute atomic E-state index is 12.3. The van der Waals surface area contributed by atoms with Crippen LogP contribution in [0.3, 0.4) is 0 Å². The molecule has 0 unspecified atom stereocenters. The number of nitrogens with two attached hydrogens (primary N) is 1. The van der Waals surface area contributed by atoms with Crippen LogP contribution in [0.4, 0.5) is 11.5 Å². The second-order valence-electron chi connectivity index (χ2n) is 6.04. The number of amides is 1. The molecule has 30 heavy (non-hydrogen) atoms. The molecule has 0 saturated carbocycles. The van der Waals surface area contributed by atoms with Crippen molar-refractivity contribution in [2.24, 2.45) is 0 Å². The fourth-order valence-electron chi connectivity index (χ4n) is 2.72. The van der Waals surface area contributed by atoms with E-state index in [-0.39, 0.29) is 44.9 Å². The zero-order valence-electron chi connectivity index (χ0n) is 15.4. The van der Waals surface area contributed by atoms with Crippen LogP contribution in [-0.4, -0.2) is 21.8 Å². The van der Waals surface area contributed by atoms with Crippen molar-refractivity contribution in [1.82, 2.24) is 4.98 Å². The lowest BCUT2D eigenvalue weighted by atomic mass is 9.97. The fraction of sp³-hybridized carbons (Fsp3) is 0.0476. The monoisotopic (exact) mass is 479 g/mol. The second-order valence-corrected chi connectivity index (χ2v) is 7.92. The number of nitrogens with one attached hydrogen (secondary N) is 1. The van der Waals surface area contributed by atoms with Crippen LogP contribution in [0.2, 0.25) is 0 Å². The summed E-state index contributed by atoms with van der Waals surface area (Å²) in [5, 5.41) is 32.1. The van der Waals surface area contributed by atoms with Crippen LogP contribution in [0.15, 0.2) is 58.0 Å². The topological polar surface area (TPSA) is 136 Å². The highest BCUT2D eigenvalue weighted by Gasteiger charge is 2.21. The molecule has 0 aliphatic rings. The van der Waals surface area contributed by atoms with E-state index in [1.54, 1.807) is 36.4 Å². The molecule has 0 saturated heterocycles. The Morgan fingerprint density at radius 1 is 1.17 bits per heavy atom. The molecule has 2 aromatic carbocycles. The molecular weight excluding hydrogens is 466 g/mol. The van der Waals surface area contributed by atoms with E-state index in [0.29, 0.717) is 11.3 Å². The molecule has 0 atom stereocenters. The number of nitriles is 2. The molecule has 0 radical (unpaired) electrons. The van der Waals surface area contributed by atoms with Gasteiger partial charge in [-0.15, -0.1) is 0 Å². The number of anilines is 2. The number of benzene rings is 2. The van der Waals surface area contributed by atoms with Gasteiger partial charge in [-0.1, -0.05) is 39.8 Å². The minimum Gasteiger partial charge on any atom is -0.508 e. The summed E-state index contributed by atoms with van der Waals surface area (Å²) in [6.45, 7) is 0. The highest BCUT2D eigenvalue weighted by atomic mass is 79.9. The van der Waals surface area contributed by atoms with Crippen LogP contribution in [-0.2, 0) is 4.79 Å². The SMILES string of the molecule is N#Cc1c(N)nc(SCC(=O)Nc2ccc(Br)cc2)c(C#N)c1-c1cccc(O)c1. The van der Waals surface area contributed by atoms with Crippen molar-refractivity contribution >= 4 is 45.1 Å². The molecule has 1 amide bonds. The highest BCUT2D eigenvalue weighted by molar-refractivity contribution is 9.10. The van der Waals surface area contributed by atoms with Crippen LogP contribution in [0.5, 0.6) is 5.75 Å². The number of aromatic hydroxyl groups is 1. The van der Waals surface area contributed by atoms with Crippen molar-refractivity contribution in [3.8, 4) is 29.0 Å². The predicted octanol–water partition coefficient (Wildman–Crippen LogP) is 4.27. The fourth-order valence-corrected chi connectivity index (χ4v) is 3.78. The first-order valence-corrected chi connectivity index (χ1v) is 10.3. The number of thioether (sulfide) groups is 1. The van der Waals surface area contributed by atoms with Crippen LogP contribution >= 0.6 is 27.7 Å². The summed E-state index contributed by atoms with van der Waals surface area (Å²) in [7, 11) is 0. The normalized spacial score (nSPS) is 10.1. The lowest BCUT2D eigenvalue weighted by molar-refractivity contribution is -0.113. The molecule has 4 N–H and O–H groups in total. The number of carbonyl (C=O) groups is 1. The third kappa shape index (κ3) is 4.71. The van der Waals surface area contributed by atoms with Gasteiger partial charge in [0.05, 0.1) is 11.3 Å². The van der Waals surface area contributed by atoms with Gasteiger partial charge in [0.1, 0.15) is 34.3 Å². The molecule has 0 bridgehead atoms. The van der Waals surface area contributed by atoms with E-state index in [1.165, 1.54) is 12.1 Å². The van der Waals surface area contributed by atoms with Gasteiger partial charge >= 0.3 is 0 Å². The third-order valence-electron chi connectivity index (χ3n) is 4.02. The van der Waals surface area contributed by atoms with Gasteiger partial charge in [-0.2, -0.15) is 10.5 Å². The van der Waals surface area contributed by atoms with Crippen molar-refractivity contribution < 1.29 is 9.90 Å². The van der Waals surface area contributed by atoms with E-state index in [1.807, 2.05) is 6.07 Å². The number of phenols is 1. The van der Waals surface area contributed by atoms with E-state index in [4.69, 9.17) is 5.73 Å². The second kappa shape index (κ2) is 9.31. The molecule has 0 fully saturated rings. The van der Waals surface area contributed by atoms with E-state index < -0.39 is 0 Å². The van der Waals surface area contributed by atoms with Gasteiger partial charge in [0, 0.05) is 15.7 Å². The summed E-state index contributed by atoms with van der Waals surface area (Å²) in [5.74, 6) is -0.359. The summed E-state index contributed by atoms with van der Waals surface area (Å²) in [4.78, 5) is 16.5. The first-order chi connectivity index (χ1) is 14.4. The van der Waals surface area contributed by atoms with Gasteiger partial charge in [0.25, 0.3) is 0 Å². The quantitative estimate of drug-likeness (QED) is 0.464. The Morgan fingerprint density at radius 3 is 2.50 bits per heavy atom. The van der Waals surface area contributed by atoms with Gasteiger partial charge in [0.15, 0.2) is 0 Å². The zero-order valence-corrected chi connectivity index (χ0v) is 17.8. The Bertz CT molecular complexity index is 1200. The molecule has 1 aromatic heterocycles. The molecular formula is C21H14BrN5O2S. The maximum Gasteiger partial charge on any atom is 0.234 e. The number of nitrogen functional groups attached to an aromatic ring is 1. The average molecular weight is 480 g/mol. The Balaban J connectivity index is 1.92. The summed E-state index contributed by atoms with van der Waals surface area (Å²) >= 11 is 4.37. The lowest BCUT2D eigenvalue weighted by Gasteiger charge is -2.13. The molecule has 148 valence electrons. The lowest BCUT2D eigenvalue weighted by Crippen LogP contribution is -2.14. The molecule has 3 rings (SSSR count). The zero-order chi connectivity index (χ0) is 21.7. The van der Waals surface area contributed by atoms with E-state index in [2.05, 4.69) is 32.3 Å². The first kappa shape index (κ1) is 21.2. The summed E-state index contributed by atoms with van der Waals surface area (Å²) in [5.41, 5.74) is 7.48. The molecule has 0 aliphatic carbocycles. The number of rotatable bonds is 5. The molecule has 0 spiro atoms. The first-order valence-electron chi connectivity index (χ1n) is 8.54. The number of phenolic OH excluding ortho intramolecular Hbond substituents is 1. The van der Waals surface area contributed by atoms with Crippen LogP contribution in [0.25, 0.3) is 11.1 Å². The van der Waals surface area contributed by atoms with Crippen molar-refractivity contribution in [3.63, 3.8) is 0 Å². The Kier molecular flexibility index (Phi) is 6.58. The molecule has 0 aliphatic heterocycles. The summed E-state index contributed by atoms with van der Waals surface area (Å²) in [6.07, 6.45) is 0. The Morgan fingerprint density at radius 2 is 1.87 bits per heavy atom. The van der Waals surface area contributed by atoms with Gasteiger partial charge in [-0.25, -0.2) is 4.98 Å². The minimum absolute atomic E-state index is 0.0113. The number of aromatic nitrogens is 1. The third-order valence-corrected chi connectivity index (χ3v) is 5.52. The van der Waals surface area contributed by atoms with E-state index >= 15 is 0 Å². The van der Waals surface area contributed by atoms with Gasteiger partial charge in [-0.05, 0) is 42.0 Å². The highest BCUT2D eigenvalue weighted by Crippen LogP contribution is 2.36. The van der Waals surface area contributed by atoms with Crippen molar-refractivity contribution in [2.75, 3.05) is 16.8 Å². The number of pyridine rings is 1. The van der Waals surface area contributed by atoms with E-state index in [0.717, 1.165) is 16.2 Å². The number of halogens is 1. The van der Waals surface area contributed by atoms with Gasteiger partial charge in [-0.3, -0.25) is 4.79 Å². The standard InChI is InChI=1S/C21H14BrN5O2S/c22-13-4-6-14(7-5-13)26-18(29)11-30-21-17(10-24)19(16(9-23)20(25)27-21)12-2-1-3-15(28)8-12/h1-8,28H,11H2,(H2,25,27)(H,26,29). The Hall–Kier alpha value is -3.53. The number of carbonyl (C=O) groups excluding carboxylic acids is 1. The van der Waals surface area contributed by atoms with Gasteiger partial charge < -0.3 is 16.2 Å². The van der Waals surface area contributed by atoms with Crippen LogP contribution in [0.1, 0.15) is 11.1 Å². The molecule has 7 nitrogen and oxygen atoms in total.